The minimum atomic E-state index is -0.489. The monoisotopic (exact) mass is 374 g/mol. The standard InChI is InChI=1S/C19H19FN2O3S/c20-16-7-3-2-6-15(16)13-26-18-9-8-14(12-17(18)22(24)25)19(23)21-10-4-1-5-11-21/h2-3,6-9,12H,1,4-5,10-11,13H2. The van der Waals surface area contributed by atoms with E-state index in [0.717, 1.165) is 19.3 Å². The molecule has 0 radical (unpaired) electrons. The number of hydrogen-bond donors (Lipinski definition) is 0. The van der Waals surface area contributed by atoms with Crippen molar-refractivity contribution >= 4 is 23.4 Å². The zero-order chi connectivity index (χ0) is 18.5. The second-order valence-corrected chi connectivity index (χ2v) is 7.19. The lowest BCUT2D eigenvalue weighted by Gasteiger charge is -2.26. The van der Waals surface area contributed by atoms with E-state index in [1.807, 2.05) is 0 Å². The Hall–Kier alpha value is -2.41. The second kappa shape index (κ2) is 8.31. The van der Waals surface area contributed by atoms with Gasteiger partial charge in [-0.05, 0) is 43.0 Å². The minimum absolute atomic E-state index is 0.116. The molecule has 1 heterocycles. The van der Waals surface area contributed by atoms with Crippen molar-refractivity contribution < 1.29 is 14.1 Å². The van der Waals surface area contributed by atoms with Gasteiger partial charge >= 0.3 is 0 Å². The highest BCUT2D eigenvalue weighted by Crippen LogP contribution is 2.33. The number of nitro groups is 1. The highest BCUT2D eigenvalue weighted by Gasteiger charge is 2.22. The van der Waals surface area contributed by atoms with E-state index in [0.29, 0.717) is 29.1 Å². The first-order valence-electron chi connectivity index (χ1n) is 8.50. The SMILES string of the molecule is O=C(c1ccc(SCc2ccccc2F)c([N+](=O)[O-])c1)N1CCCCC1. The number of nitro benzene ring substituents is 1. The summed E-state index contributed by atoms with van der Waals surface area (Å²) < 4.78 is 13.7. The lowest BCUT2D eigenvalue weighted by Crippen LogP contribution is -2.35. The molecule has 5 nitrogen and oxygen atoms in total. The highest BCUT2D eigenvalue weighted by molar-refractivity contribution is 7.98. The van der Waals surface area contributed by atoms with Crippen LogP contribution in [0.4, 0.5) is 10.1 Å². The Bertz CT molecular complexity index is 822. The van der Waals surface area contributed by atoms with Crippen molar-refractivity contribution in [2.75, 3.05) is 13.1 Å². The smallest absolute Gasteiger partial charge is 0.283 e. The summed E-state index contributed by atoms with van der Waals surface area (Å²) in [5, 5.41) is 11.4. The third kappa shape index (κ3) is 4.22. The Kier molecular flexibility index (Phi) is 5.88. The van der Waals surface area contributed by atoms with E-state index in [4.69, 9.17) is 0 Å². The molecule has 0 atom stereocenters. The van der Waals surface area contributed by atoms with Gasteiger partial charge in [0.25, 0.3) is 11.6 Å². The maximum absolute atomic E-state index is 13.7. The molecule has 1 aliphatic rings. The van der Waals surface area contributed by atoms with Crippen molar-refractivity contribution in [3.05, 3.63) is 69.5 Å². The van der Waals surface area contributed by atoms with Gasteiger partial charge in [0.05, 0.1) is 9.82 Å². The van der Waals surface area contributed by atoms with E-state index in [2.05, 4.69) is 0 Å². The van der Waals surface area contributed by atoms with Crippen molar-refractivity contribution in [1.29, 1.82) is 0 Å². The largest absolute Gasteiger partial charge is 0.339 e. The summed E-state index contributed by atoms with van der Waals surface area (Å²) in [5.41, 5.74) is 0.698. The molecule has 2 aromatic carbocycles. The molecule has 0 bridgehead atoms. The van der Waals surface area contributed by atoms with Crippen LogP contribution in [0.2, 0.25) is 0 Å². The summed E-state index contributed by atoms with van der Waals surface area (Å²) in [6.07, 6.45) is 3.03. The minimum Gasteiger partial charge on any atom is -0.339 e. The van der Waals surface area contributed by atoms with E-state index in [9.17, 15) is 19.3 Å². The zero-order valence-corrected chi connectivity index (χ0v) is 15.0. The van der Waals surface area contributed by atoms with Gasteiger partial charge in [0.15, 0.2) is 0 Å². The molecule has 0 N–H and O–H groups in total. The lowest BCUT2D eigenvalue weighted by molar-refractivity contribution is -0.387. The van der Waals surface area contributed by atoms with E-state index < -0.39 is 4.92 Å². The Morgan fingerprint density at radius 2 is 1.88 bits per heavy atom. The van der Waals surface area contributed by atoms with Crippen molar-refractivity contribution in [2.45, 2.75) is 29.9 Å². The first kappa shape index (κ1) is 18.4. The zero-order valence-electron chi connectivity index (χ0n) is 14.2. The van der Waals surface area contributed by atoms with Crippen LogP contribution < -0.4 is 0 Å². The predicted octanol–water partition coefficient (Wildman–Crippen LogP) is 4.65. The average Bonchev–Trinajstić information content (AvgIpc) is 2.67. The Labute approximate surface area is 155 Å². The second-order valence-electron chi connectivity index (χ2n) is 6.17. The van der Waals surface area contributed by atoms with Crippen LogP contribution >= 0.6 is 11.8 Å². The normalized spacial score (nSPS) is 14.3. The summed E-state index contributed by atoms with van der Waals surface area (Å²) in [6, 6.07) is 10.9. The van der Waals surface area contributed by atoms with Crippen LogP contribution in [-0.2, 0) is 5.75 Å². The summed E-state index contributed by atoms with van der Waals surface area (Å²) in [4.78, 5) is 25.7. The number of likely N-dealkylation sites (tertiary alicyclic amines) is 1. The number of halogens is 1. The summed E-state index contributed by atoms with van der Waals surface area (Å²) in [7, 11) is 0. The van der Waals surface area contributed by atoms with E-state index in [1.54, 1.807) is 35.2 Å². The first-order chi connectivity index (χ1) is 12.6. The van der Waals surface area contributed by atoms with Gasteiger partial charge in [-0.2, -0.15) is 0 Å². The molecule has 7 heteroatoms. The van der Waals surface area contributed by atoms with Crippen molar-refractivity contribution in [3.63, 3.8) is 0 Å². The van der Waals surface area contributed by atoms with Crippen LogP contribution in [0.5, 0.6) is 0 Å². The number of rotatable bonds is 5. The molecule has 3 rings (SSSR count). The third-order valence-electron chi connectivity index (χ3n) is 4.39. The van der Waals surface area contributed by atoms with Gasteiger partial charge in [0.2, 0.25) is 0 Å². The van der Waals surface area contributed by atoms with Crippen LogP contribution in [0.25, 0.3) is 0 Å². The number of carbonyl (C=O) groups excluding carboxylic acids is 1. The van der Waals surface area contributed by atoms with Gasteiger partial charge in [-0.3, -0.25) is 14.9 Å². The number of nitrogens with zero attached hydrogens (tertiary/aromatic N) is 2. The molecular formula is C19H19FN2O3S. The van der Waals surface area contributed by atoms with E-state index in [1.165, 1.54) is 23.9 Å². The molecule has 1 saturated heterocycles. The van der Waals surface area contributed by atoms with Crippen LogP contribution in [0.15, 0.2) is 47.4 Å². The van der Waals surface area contributed by atoms with Gasteiger partial charge in [0, 0.05) is 30.5 Å². The van der Waals surface area contributed by atoms with Crippen molar-refractivity contribution in [1.82, 2.24) is 4.90 Å². The molecule has 0 aromatic heterocycles. The predicted molar refractivity (Wildman–Crippen MR) is 98.8 cm³/mol. The van der Waals surface area contributed by atoms with Gasteiger partial charge in [-0.1, -0.05) is 18.2 Å². The summed E-state index contributed by atoms with van der Waals surface area (Å²) in [5.74, 6) is -0.217. The first-order valence-corrected chi connectivity index (χ1v) is 9.49. The van der Waals surface area contributed by atoms with Gasteiger partial charge in [-0.25, -0.2) is 4.39 Å². The van der Waals surface area contributed by atoms with Crippen LogP contribution in [-0.4, -0.2) is 28.8 Å². The molecule has 0 saturated carbocycles. The molecule has 1 amide bonds. The van der Waals surface area contributed by atoms with Gasteiger partial charge in [0.1, 0.15) is 5.82 Å². The fourth-order valence-electron chi connectivity index (χ4n) is 2.97. The van der Waals surface area contributed by atoms with Gasteiger partial charge < -0.3 is 4.90 Å². The fourth-order valence-corrected chi connectivity index (χ4v) is 3.96. The number of thioether (sulfide) groups is 1. The quantitative estimate of drug-likeness (QED) is 0.434. The summed E-state index contributed by atoms with van der Waals surface area (Å²) >= 11 is 1.19. The number of benzene rings is 2. The lowest BCUT2D eigenvalue weighted by atomic mass is 10.1. The molecule has 26 heavy (non-hydrogen) atoms. The number of carbonyl (C=O) groups is 1. The number of piperidine rings is 1. The van der Waals surface area contributed by atoms with Crippen molar-refractivity contribution in [2.24, 2.45) is 0 Å². The molecule has 136 valence electrons. The topological polar surface area (TPSA) is 63.4 Å². The van der Waals surface area contributed by atoms with Crippen LogP contribution in [0.1, 0.15) is 35.2 Å². The molecule has 0 aliphatic carbocycles. The maximum Gasteiger partial charge on any atom is 0.283 e. The molecule has 0 spiro atoms. The van der Waals surface area contributed by atoms with Gasteiger partial charge in [-0.15, -0.1) is 11.8 Å². The van der Waals surface area contributed by atoms with Crippen LogP contribution in [0.3, 0.4) is 0 Å². The molecular weight excluding hydrogens is 355 g/mol. The Morgan fingerprint density at radius 3 is 2.58 bits per heavy atom. The van der Waals surface area contributed by atoms with Crippen molar-refractivity contribution in [3.8, 4) is 0 Å². The molecule has 1 aliphatic heterocycles. The summed E-state index contributed by atoms with van der Waals surface area (Å²) in [6.45, 7) is 1.38. The van der Waals surface area contributed by atoms with E-state index >= 15 is 0 Å². The fraction of sp³-hybridized carbons (Fsp3) is 0.316. The highest BCUT2D eigenvalue weighted by atomic mass is 32.2. The average molecular weight is 374 g/mol. The third-order valence-corrected chi connectivity index (χ3v) is 5.50. The van der Waals surface area contributed by atoms with Crippen LogP contribution in [0, 0.1) is 15.9 Å². The molecule has 1 fully saturated rings. The molecule has 0 unspecified atom stereocenters. The Morgan fingerprint density at radius 1 is 1.15 bits per heavy atom. The maximum atomic E-state index is 13.7. The molecule has 2 aromatic rings. The number of hydrogen-bond acceptors (Lipinski definition) is 4. The Balaban J connectivity index is 1.79. The number of amides is 1. The van der Waals surface area contributed by atoms with E-state index in [-0.39, 0.29) is 23.2 Å².